The molecule has 0 radical (unpaired) electrons. The average Bonchev–Trinajstić information content (AvgIpc) is 2.89. The van der Waals surface area contributed by atoms with E-state index in [2.05, 4.69) is 39.5 Å². The third kappa shape index (κ3) is 2.27. The lowest BCUT2D eigenvalue weighted by atomic mass is 9.54. The Morgan fingerprint density at radius 2 is 2.08 bits per heavy atom. The molecule has 130 valence electrons. The van der Waals surface area contributed by atoms with E-state index >= 15 is 0 Å². The van der Waals surface area contributed by atoms with Gasteiger partial charge >= 0.3 is 0 Å². The smallest absolute Gasteiger partial charge is 0.126 e. The molecule has 0 N–H and O–H groups in total. The average molecular weight is 325 g/mol. The summed E-state index contributed by atoms with van der Waals surface area (Å²) in [6, 6.07) is 4.72. The van der Waals surface area contributed by atoms with Gasteiger partial charge in [0.05, 0.1) is 6.61 Å². The molecular weight excluding hydrogens is 292 g/mol. The molecule has 1 aromatic rings. The molecule has 0 saturated heterocycles. The number of ether oxygens (including phenoxy) is 1. The molecule has 1 aromatic carbocycles. The maximum absolute atomic E-state index is 5.93. The van der Waals surface area contributed by atoms with Gasteiger partial charge in [-0.25, -0.2) is 0 Å². The summed E-state index contributed by atoms with van der Waals surface area (Å²) in [7, 11) is 0. The summed E-state index contributed by atoms with van der Waals surface area (Å²) in [5.41, 5.74) is 4.93. The quantitative estimate of drug-likeness (QED) is 0.641. The van der Waals surface area contributed by atoms with E-state index in [-0.39, 0.29) is 0 Å². The Kier molecular flexibility index (Phi) is 4.01. The van der Waals surface area contributed by atoms with E-state index in [9.17, 15) is 0 Å². The minimum atomic E-state index is 0.600. The van der Waals surface area contributed by atoms with Crippen molar-refractivity contribution in [3.8, 4) is 5.75 Å². The zero-order valence-corrected chi connectivity index (χ0v) is 15.6. The van der Waals surface area contributed by atoms with Crippen LogP contribution in [0.2, 0.25) is 0 Å². The van der Waals surface area contributed by atoms with E-state index in [4.69, 9.17) is 4.74 Å². The zero-order chi connectivity index (χ0) is 16.9. The largest absolute Gasteiger partial charge is 0.493 e. The molecule has 0 amide bonds. The summed E-state index contributed by atoms with van der Waals surface area (Å²) >= 11 is 0. The fourth-order valence-electron chi connectivity index (χ4n) is 6.32. The standard InChI is InChI=1S/C23H32O/c1-5-16-13-17-8-9-19-18(20(17)14-22(16)24-6-2)11-12-23(4)15(3)7-10-21(19)23/h5,13-15,18-19,21H,1,6-12H2,2-4H3/t15?,18?,19?,21?,23-/m1/s1. The number of hydrogen-bond donors (Lipinski definition) is 0. The topological polar surface area (TPSA) is 9.23 Å². The SMILES string of the molecule is C=Cc1cc2c(cc1OCC)C1CC[C@]3(C)C(C)CCC3C1CC2. The van der Waals surface area contributed by atoms with Crippen molar-refractivity contribution in [2.45, 2.75) is 65.2 Å². The lowest BCUT2D eigenvalue weighted by Crippen LogP contribution is -2.41. The third-order valence-electron chi connectivity index (χ3n) is 7.85. The van der Waals surface area contributed by atoms with Crippen LogP contribution < -0.4 is 4.74 Å². The van der Waals surface area contributed by atoms with Crippen molar-refractivity contribution < 1.29 is 4.74 Å². The Balaban J connectivity index is 1.72. The van der Waals surface area contributed by atoms with E-state index in [1.54, 1.807) is 11.1 Å². The Bertz CT molecular complexity index is 646. The van der Waals surface area contributed by atoms with Gasteiger partial charge in [-0.3, -0.25) is 0 Å². The minimum absolute atomic E-state index is 0.600. The van der Waals surface area contributed by atoms with Crippen LogP contribution in [0.25, 0.3) is 6.08 Å². The highest BCUT2D eigenvalue weighted by Gasteiger charge is 2.53. The van der Waals surface area contributed by atoms with Gasteiger partial charge in [0.25, 0.3) is 0 Å². The number of benzene rings is 1. The van der Waals surface area contributed by atoms with Crippen molar-refractivity contribution >= 4 is 6.08 Å². The summed E-state index contributed by atoms with van der Waals surface area (Å²) in [6.45, 7) is 11.9. The van der Waals surface area contributed by atoms with Gasteiger partial charge in [0.15, 0.2) is 0 Å². The van der Waals surface area contributed by atoms with Crippen molar-refractivity contribution in [3.63, 3.8) is 0 Å². The van der Waals surface area contributed by atoms with Gasteiger partial charge in [-0.15, -0.1) is 0 Å². The van der Waals surface area contributed by atoms with Crippen LogP contribution in [0.4, 0.5) is 0 Å². The van der Waals surface area contributed by atoms with Gasteiger partial charge in [-0.05, 0) is 97.8 Å². The molecular formula is C23H32O. The summed E-state index contributed by atoms with van der Waals surface area (Å²) in [4.78, 5) is 0. The Labute approximate surface area is 147 Å². The van der Waals surface area contributed by atoms with Crippen LogP contribution in [0.1, 0.15) is 75.5 Å². The molecule has 2 fully saturated rings. The molecule has 24 heavy (non-hydrogen) atoms. The van der Waals surface area contributed by atoms with Crippen LogP contribution in [-0.4, -0.2) is 6.61 Å². The second kappa shape index (κ2) is 5.93. The molecule has 1 heteroatoms. The highest BCUT2D eigenvalue weighted by atomic mass is 16.5. The molecule has 1 nitrogen and oxygen atoms in total. The molecule has 4 unspecified atom stereocenters. The van der Waals surface area contributed by atoms with Gasteiger partial charge in [-0.2, -0.15) is 0 Å². The van der Waals surface area contributed by atoms with Crippen LogP contribution in [0.3, 0.4) is 0 Å². The monoisotopic (exact) mass is 324 g/mol. The lowest BCUT2D eigenvalue weighted by molar-refractivity contribution is 0.0336. The van der Waals surface area contributed by atoms with Crippen LogP contribution in [0.15, 0.2) is 18.7 Å². The molecule has 0 aromatic heterocycles. The number of fused-ring (bicyclic) bond motifs is 5. The fourth-order valence-corrected chi connectivity index (χ4v) is 6.32. The van der Waals surface area contributed by atoms with Gasteiger partial charge in [-0.1, -0.05) is 26.5 Å². The first kappa shape index (κ1) is 16.2. The molecule has 0 spiro atoms. The van der Waals surface area contributed by atoms with Gasteiger partial charge in [0.2, 0.25) is 0 Å². The van der Waals surface area contributed by atoms with Crippen molar-refractivity contribution in [1.29, 1.82) is 0 Å². The maximum Gasteiger partial charge on any atom is 0.126 e. The molecule has 3 aliphatic carbocycles. The van der Waals surface area contributed by atoms with E-state index in [1.807, 2.05) is 6.08 Å². The van der Waals surface area contributed by atoms with Crippen LogP contribution in [0, 0.1) is 23.2 Å². The second-order valence-corrected chi connectivity index (χ2v) is 8.66. The minimum Gasteiger partial charge on any atom is -0.493 e. The molecule has 0 heterocycles. The first-order valence-corrected chi connectivity index (χ1v) is 10.0. The van der Waals surface area contributed by atoms with Crippen LogP contribution in [-0.2, 0) is 6.42 Å². The number of rotatable bonds is 3. The summed E-state index contributed by atoms with van der Waals surface area (Å²) in [6.07, 6.45) is 10.3. The first-order valence-electron chi connectivity index (χ1n) is 10.0. The highest BCUT2D eigenvalue weighted by molar-refractivity contribution is 5.59. The molecule has 0 aliphatic heterocycles. The highest BCUT2D eigenvalue weighted by Crippen LogP contribution is 2.63. The number of aryl methyl sites for hydroxylation is 1. The normalized spacial score (nSPS) is 37.3. The van der Waals surface area contributed by atoms with Crippen molar-refractivity contribution in [3.05, 3.63) is 35.4 Å². The second-order valence-electron chi connectivity index (χ2n) is 8.66. The molecule has 3 aliphatic rings. The molecule has 0 bridgehead atoms. The first-order chi connectivity index (χ1) is 11.6. The lowest BCUT2D eigenvalue weighted by Gasteiger charge is -2.50. The van der Waals surface area contributed by atoms with E-state index < -0.39 is 0 Å². The molecule has 2 saturated carbocycles. The third-order valence-corrected chi connectivity index (χ3v) is 7.85. The summed E-state index contributed by atoms with van der Waals surface area (Å²) < 4.78 is 5.93. The predicted molar refractivity (Wildman–Crippen MR) is 101 cm³/mol. The van der Waals surface area contributed by atoms with E-state index in [0.29, 0.717) is 5.41 Å². The number of hydrogen-bond acceptors (Lipinski definition) is 1. The summed E-state index contributed by atoms with van der Waals surface area (Å²) in [5.74, 6) is 4.54. The Morgan fingerprint density at radius 3 is 2.83 bits per heavy atom. The Hall–Kier alpha value is -1.24. The molecule has 4 rings (SSSR count). The van der Waals surface area contributed by atoms with Crippen LogP contribution >= 0.6 is 0 Å². The maximum atomic E-state index is 5.93. The van der Waals surface area contributed by atoms with Gasteiger partial charge in [0, 0.05) is 5.56 Å². The van der Waals surface area contributed by atoms with Gasteiger partial charge < -0.3 is 4.74 Å². The zero-order valence-electron chi connectivity index (χ0n) is 15.6. The van der Waals surface area contributed by atoms with E-state index in [0.717, 1.165) is 36.0 Å². The van der Waals surface area contributed by atoms with Crippen LogP contribution in [0.5, 0.6) is 5.75 Å². The van der Waals surface area contributed by atoms with Crippen molar-refractivity contribution in [2.24, 2.45) is 23.2 Å². The van der Waals surface area contributed by atoms with Crippen molar-refractivity contribution in [1.82, 2.24) is 0 Å². The summed E-state index contributed by atoms with van der Waals surface area (Å²) in [5, 5.41) is 0. The van der Waals surface area contributed by atoms with E-state index in [1.165, 1.54) is 44.1 Å². The van der Waals surface area contributed by atoms with Crippen molar-refractivity contribution in [2.75, 3.05) is 6.61 Å². The molecule has 5 atom stereocenters. The Morgan fingerprint density at radius 1 is 1.25 bits per heavy atom. The van der Waals surface area contributed by atoms with Gasteiger partial charge in [0.1, 0.15) is 5.75 Å². The fraction of sp³-hybridized carbons (Fsp3) is 0.652. The predicted octanol–water partition coefficient (Wildman–Crippen LogP) is 6.22.